The van der Waals surface area contributed by atoms with Gasteiger partial charge in [0.05, 0.1) is 31.4 Å². The molecule has 0 radical (unpaired) electrons. The number of hydrogen-bond acceptors (Lipinski definition) is 5. The van der Waals surface area contributed by atoms with E-state index in [1.54, 1.807) is 12.1 Å². The topological polar surface area (TPSA) is 65.5 Å². The fraction of sp³-hybridized carbons (Fsp3) is 0.417. The van der Waals surface area contributed by atoms with E-state index in [1.807, 2.05) is 6.92 Å². The SMILES string of the molecule is CCC(C(=O)OC)c1ccc(C(=O)OC)cn1. The molecule has 0 aliphatic carbocycles. The predicted molar refractivity (Wildman–Crippen MR) is 60.6 cm³/mol. The number of esters is 2. The molecule has 0 bridgehead atoms. The summed E-state index contributed by atoms with van der Waals surface area (Å²) in [5.74, 6) is -1.17. The molecular weight excluding hydrogens is 222 g/mol. The second kappa shape index (κ2) is 5.98. The van der Waals surface area contributed by atoms with Gasteiger partial charge < -0.3 is 9.47 Å². The lowest BCUT2D eigenvalue weighted by molar-refractivity contribution is -0.142. The van der Waals surface area contributed by atoms with Crippen LogP contribution in [0, 0.1) is 0 Å². The monoisotopic (exact) mass is 237 g/mol. The zero-order chi connectivity index (χ0) is 12.8. The van der Waals surface area contributed by atoms with E-state index in [9.17, 15) is 9.59 Å². The van der Waals surface area contributed by atoms with Crippen LogP contribution < -0.4 is 0 Å². The first-order chi connectivity index (χ1) is 8.13. The van der Waals surface area contributed by atoms with Gasteiger partial charge >= 0.3 is 11.9 Å². The molecule has 0 spiro atoms. The number of rotatable bonds is 4. The van der Waals surface area contributed by atoms with E-state index in [-0.39, 0.29) is 5.97 Å². The van der Waals surface area contributed by atoms with Crippen molar-refractivity contribution in [3.63, 3.8) is 0 Å². The molecule has 5 heteroatoms. The zero-order valence-electron chi connectivity index (χ0n) is 10.1. The number of hydrogen-bond donors (Lipinski definition) is 0. The van der Waals surface area contributed by atoms with Gasteiger partial charge in [0.15, 0.2) is 0 Å². The lowest BCUT2D eigenvalue weighted by Crippen LogP contribution is -2.15. The minimum absolute atomic E-state index is 0.328. The normalized spacial score (nSPS) is 11.7. The number of ether oxygens (including phenoxy) is 2. The summed E-state index contributed by atoms with van der Waals surface area (Å²) in [6, 6.07) is 3.22. The standard InChI is InChI=1S/C12H15NO4/c1-4-9(12(15)17-3)10-6-5-8(7-13-10)11(14)16-2/h5-7,9H,4H2,1-3H3. The summed E-state index contributed by atoms with van der Waals surface area (Å²) in [7, 11) is 2.65. The Morgan fingerprint density at radius 1 is 1.29 bits per heavy atom. The van der Waals surface area contributed by atoms with Crippen molar-refractivity contribution in [3.05, 3.63) is 29.6 Å². The third-order valence-corrected chi connectivity index (χ3v) is 2.46. The smallest absolute Gasteiger partial charge is 0.339 e. The van der Waals surface area contributed by atoms with Gasteiger partial charge in [-0.15, -0.1) is 0 Å². The molecule has 0 saturated heterocycles. The molecule has 1 unspecified atom stereocenters. The number of carbonyl (C=O) groups excluding carboxylic acids is 2. The highest BCUT2D eigenvalue weighted by atomic mass is 16.5. The molecule has 17 heavy (non-hydrogen) atoms. The first-order valence-corrected chi connectivity index (χ1v) is 5.26. The maximum Gasteiger partial charge on any atom is 0.339 e. The largest absolute Gasteiger partial charge is 0.469 e. The molecule has 92 valence electrons. The highest BCUT2D eigenvalue weighted by Crippen LogP contribution is 2.19. The fourth-order valence-electron chi connectivity index (χ4n) is 1.49. The van der Waals surface area contributed by atoms with Crippen LogP contribution in [-0.2, 0) is 14.3 Å². The summed E-state index contributed by atoms with van der Waals surface area (Å²) in [5.41, 5.74) is 0.947. The van der Waals surface area contributed by atoms with E-state index in [0.29, 0.717) is 17.7 Å². The Labute approximate surface area is 99.8 Å². The van der Waals surface area contributed by atoms with Crippen molar-refractivity contribution < 1.29 is 19.1 Å². The number of methoxy groups -OCH3 is 2. The van der Waals surface area contributed by atoms with Crippen molar-refractivity contribution in [1.82, 2.24) is 4.98 Å². The van der Waals surface area contributed by atoms with E-state index in [1.165, 1.54) is 20.4 Å². The molecule has 0 aliphatic heterocycles. The van der Waals surface area contributed by atoms with Gasteiger partial charge in [0.1, 0.15) is 0 Å². The lowest BCUT2D eigenvalue weighted by atomic mass is 10.0. The Morgan fingerprint density at radius 3 is 2.41 bits per heavy atom. The van der Waals surface area contributed by atoms with Crippen LogP contribution in [0.25, 0.3) is 0 Å². The number of pyridine rings is 1. The van der Waals surface area contributed by atoms with Gasteiger partial charge in [-0.05, 0) is 18.6 Å². The summed E-state index contributed by atoms with van der Waals surface area (Å²) >= 11 is 0. The maximum atomic E-state index is 11.5. The average molecular weight is 237 g/mol. The summed E-state index contributed by atoms with van der Waals surface area (Å²) < 4.78 is 9.25. The van der Waals surface area contributed by atoms with Gasteiger partial charge in [-0.25, -0.2) is 4.79 Å². The van der Waals surface area contributed by atoms with E-state index >= 15 is 0 Å². The van der Waals surface area contributed by atoms with Crippen molar-refractivity contribution in [2.24, 2.45) is 0 Å². The summed E-state index contributed by atoms with van der Waals surface area (Å²) in [5, 5.41) is 0. The van der Waals surface area contributed by atoms with Crippen LogP contribution in [-0.4, -0.2) is 31.1 Å². The van der Waals surface area contributed by atoms with Gasteiger partial charge in [0, 0.05) is 6.20 Å². The Kier molecular flexibility index (Phi) is 4.63. The average Bonchev–Trinajstić information content (AvgIpc) is 2.39. The Bertz CT molecular complexity index is 399. The Morgan fingerprint density at radius 2 is 2.00 bits per heavy atom. The molecule has 1 heterocycles. The van der Waals surface area contributed by atoms with Gasteiger partial charge in [-0.1, -0.05) is 6.92 Å². The highest BCUT2D eigenvalue weighted by molar-refractivity contribution is 5.89. The van der Waals surface area contributed by atoms with Crippen LogP contribution in [0.5, 0.6) is 0 Å². The van der Waals surface area contributed by atoms with E-state index < -0.39 is 11.9 Å². The number of aromatic nitrogens is 1. The quantitative estimate of drug-likeness (QED) is 0.743. The van der Waals surface area contributed by atoms with Crippen LogP contribution >= 0.6 is 0 Å². The Hall–Kier alpha value is -1.91. The van der Waals surface area contributed by atoms with Gasteiger partial charge in [-0.2, -0.15) is 0 Å². The third-order valence-electron chi connectivity index (χ3n) is 2.46. The molecular formula is C12H15NO4. The second-order valence-electron chi connectivity index (χ2n) is 3.45. The summed E-state index contributed by atoms with van der Waals surface area (Å²) in [6.45, 7) is 1.87. The first kappa shape index (κ1) is 13.2. The van der Waals surface area contributed by atoms with Crippen LogP contribution in [0.1, 0.15) is 35.3 Å². The number of carbonyl (C=O) groups is 2. The van der Waals surface area contributed by atoms with Crippen LogP contribution in [0.15, 0.2) is 18.3 Å². The highest BCUT2D eigenvalue weighted by Gasteiger charge is 2.20. The molecule has 0 fully saturated rings. The molecule has 5 nitrogen and oxygen atoms in total. The van der Waals surface area contributed by atoms with E-state index in [0.717, 1.165) is 0 Å². The molecule has 0 N–H and O–H groups in total. The molecule has 1 rings (SSSR count). The summed E-state index contributed by atoms with van der Waals surface area (Å²) in [4.78, 5) is 26.8. The van der Waals surface area contributed by atoms with Crippen LogP contribution in [0.2, 0.25) is 0 Å². The van der Waals surface area contributed by atoms with Crippen molar-refractivity contribution in [2.45, 2.75) is 19.3 Å². The van der Waals surface area contributed by atoms with E-state index in [2.05, 4.69) is 14.5 Å². The molecule has 1 aromatic rings. The minimum Gasteiger partial charge on any atom is -0.469 e. The maximum absolute atomic E-state index is 11.5. The van der Waals surface area contributed by atoms with Crippen LogP contribution in [0.3, 0.4) is 0 Å². The first-order valence-electron chi connectivity index (χ1n) is 5.26. The van der Waals surface area contributed by atoms with Crippen molar-refractivity contribution in [3.8, 4) is 0 Å². The van der Waals surface area contributed by atoms with E-state index in [4.69, 9.17) is 0 Å². The Balaban J connectivity index is 2.92. The molecule has 0 aromatic carbocycles. The molecule has 0 saturated carbocycles. The molecule has 0 aliphatic rings. The fourth-order valence-corrected chi connectivity index (χ4v) is 1.49. The molecule has 1 atom stereocenters. The van der Waals surface area contributed by atoms with Crippen LogP contribution in [0.4, 0.5) is 0 Å². The third kappa shape index (κ3) is 3.03. The predicted octanol–water partition coefficient (Wildman–Crippen LogP) is 1.53. The van der Waals surface area contributed by atoms with Crippen molar-refractivity contribution >= 4 is 11.9 Å². The molecule has 1 aromatic heterocycles. The van der Waals surface area contributed by atoms with Gasteiger partial charge in [0.2, 0.25) is 0 Å². The zero-order valence-corrected chi connectivity index (χ0v) is 10.1. The van der Waals surface area contributed by atoms with Crippen molar-refractivity contribution in [2.75, 3.05) is 14.2 Å². The molecule has 0 amide bonds. The van der Waals surface area contributed by atoms with Crippen molar-refractivity contribution in [1.29, 1.82) is 0 Å². The minimum atomic E-state index is -0.449. The second-order valence-corrected chi connectivity index (χ2v) is 3.45. The van der Waals surface area contributed by atoms with Gasteiger partial charge in [-0.3, -0.25) is 9.78 Å². The summed E-state index contributed by atoms with van der Waals surface area (Å²) in [6.07, 6.45) is 1.99. The number of nitrogens with zero attached hydrogens (tertiary/aromatic N) is 1. The lowest BCUT2D eigenvalue weighted by Gasteiger charge is -2.11. The van der Waals surface area contributed by atoms with Gasteiger partial charge in [0.25, 0.3) is 0 Å².